The third-order valence-electron chi connectivity index (χ3n) is 3.04. The number of primary amides is 1. The highest BCUT2D eigenvalue weighted by molar-refractivity contribution is 5.76. The molecule has 0 unspecified atom stereocenters. The summed E-state index contributed by atoms with van der Waals surface area (Å²) in [6.07, 6.45) is 5.04. The molecule has 2 rings (SSSR count). The number of carbonyl (C=O) groups excluding carboxylic acids is 1. The van der Waals surface area contributed by atoms with E-state index in [0.717, 1.165) is 11.4 Å². The Morgan fingerprint density at radius 3 is 2.80 bits per heavy atom. The van der Waals surface area contributed by atoms with Gasteiger partial charge in [-0.2, -0.15) is 0 Å². The molecule has 1 fully saturated rings. The third-order valence-corrected chi connectivity index (χ3v) is 3.04. The van der Waals surface area contributed by atoms with Crippen LogP contribution in [0.5, 0.6) is 0 Å². The number of carbonyl (C=O) groups is 1. The minimum absolute atomic E-state index is 0.193. The Hall–Kier alpha value is -1.39. The second-order valence-corrected chi connectivity index (χ2v) is 4.15. The van der Waals surface area contributed by atoms with Gasteiger partial charge in [-0.3, -0.25) is 4.79 Å². The van der Waals surface area contributed by atoms with Crippen LogP contribution in [0.4, 0.5) is 0 Å². The molecular formula is C10H16N4O. The van der Waals surface area contributed by atoms with Gasteiger partial charge in [0.25, 0.3) is 0 Å². The third kappa shape index (κ3) is 2.00. The number of amides is 1. The van der Waals surface area contributed by atoms with Crippen molar-refractivity contribution >= 4 is 5.91 Å². The van der Waals surface area contributed by atoms with Crippen LogP contribution in [0.3, 0.4) is 0 Å². The first-order valence-corrected chi connectivity index (χ1v) is 5.37. The van der Waals surface area contributed by atoms with E-state index in [1.54, 1.807) is 0 Å². The fourth-order valence-corrected chi connectivity index (χ4v) is 2.20. The Morgan fingerprint density at radius 1 is 1.53 bits per heavy atom. The Kier molecular flexibility index (Phi) is 2.70. The second kappa shape index (κ2) is 4.00. The summed E-state index contributed by atoms with van der Waals surface area (Å²) in [5.74, 6) is -0.350. The van der Waals surface area contributed by atoms with Gasteiger partial charge in [0.05, 0.1) is 23.9 Å². The average molecular weight is 208 g/mol. The smallest absolute Gasteiger partial charge is 0.223 e. The Labute approximate surface area is 88.6 Å². The molecule has 82 valence electrons. The minimum atomic E-state index is -0.350. The summed E-state index contributed by atoms with van der Waals surface area (Å²) in [4.78, 5) is 10.8. The molecule has 15 heavy (non-hydrogen) atoms. The van der Waals surface area contributed by atoms with Crippen molar-refractivity contribution in [3.63, 3.8) is 0 Å². The molecule has 0 spiro atoms. The molecule has 1 amide bonds. The number of aromatic nitrogens is 3. The molecule has 0 aromatic carbocycles. The Morgan fingerprint density at radius 2 is 2.20 bits per heavy atom. The van der Waals surface area contributed by atoms with Crippen molar-refractivity contribution < 1.29 is 4.79 Å². The molecule has 1 aromatic rings. The normalized spacial score (nSPS) is 17.1. The molecule has 0 radical (unpaired) electrons. The monoisotopic (exact) mass is 208 g/mol. The molecule has 0 atom stereocenters. The lowest BCUT2D eigenvalue weighted by Gasteiger charge is -2.10. The van der Waals surface area contributed by atoms with Crippen molar-refractivity contribution in [2.75, 3.05) is 0 Å². The predicted octanol–water partition coefficient (Wildman–Crippen LogP) is 0.729. The van der Waals surface area contributed by atoms with Gasteiger partial charge in [0.2, 0.25) is 5.91 Å². The van der Waals surface area contributed by atoms with Gasteiger partial charge in [-0.05, 0) is 19.8 Å². The molecule has 1 saturated carbocycles. The van der Waals surface area contributed by atoms with Gasteiger partial charge in [-0.15, -0.1) is 5.10 Å². The summed E-state index contributed by atoms with van der Waals surface area (Å²) in [5, 5.41) is 8.12. The van der Waals surface area contributed by atoms with Crippen LogP contribution in [-0.2, 0) is 11.2 Å². The predicted molar refractivity (Wildman–Crippen MR) is 55.2 cm³/mol. The maximum Gasteiger partial charge on any atom is 0.223 e. The van der Waals surface area contributed by atoms with Gasteiger partial charge in [0.1, 0.15) is 0 Å². The summed E-state index contributed by atoms with van der Waals surface area (Å²) < 4.78 is 1.95. The largest absolute Gasteiger partial charge is 0.369 e. The van der Waals surface area contributed by atoms with E-state index in [0.29, 0.717) is 6.04 Å². The number of hydrogen-bond acceptors (Lipinski definition) is 3. The average Bonchev–Trinajstić information content (AvgIpc) is 2.76. The second-order valence-electron chi connectivity index (χ2n) is 4.15. The number of hydrogen-bond donors (Lipinski definition) is 1. The lowest BCUT2D eigenvalue weighted by molar-refractivity contribution is -0.117. The van der Waals surface area contributed by atoms with Crippen molar-refractivity contribution in [1.29, 1.82) is 0 Å². The van der Waals surface area contributed by atoms with Crippen LogP contribution >= 0.6 is 0 Å². The number of nitrogens with two attached hydrogens (primary N) is 1. The molecule has 0 saturated heterocycles. The summed E-state index contributed by atoms with van der Waals surface area (Å²) >= 11 is 0. The van der Waals surface area contributed by atoms with Crippen LogP contribution < -0.4 is 5.73 Å². The zero-order valence-electron chi connectivity index (χ0n) is 8.94. The van der Waals surface area contributed by atoms with Gasteiger partial charge in [-0.1, -0.05) is 18.1 Å². The van der Waals surface area contributed by atoms with Gasteiger partial charge in [0.15, 0.2) is 0 Å². The van der Waals surface area contributed by atoms with Crippen LogP contribution in [-0.4, -0.2) is 20.9 Å². The molecule has 1 aromatic heterocycles. The molecule has 1 heterocycles. The zero-order chi connectivity index (χ0) is 10.8. The van der Waals surface area contributed by atoms with E-state index in [4.69, 9.17) is 5.73 Å². The maximum absolute atomic E-state index is 10.8. The van der Waals surface area contributed by atoms with Crippen molar-refractivity contribution in [3.8, 4) is 0 Å². The molecule has 2 N–H and O–H groups in total. The first-order chi connectivity index (χ1) is 7.18. The van der Waals surface area contributed by atoms with Crippen LogP contribution in [0.15, 0.2) is 0 Å². The van der Waals surface area contributed by atoms with E-state index in [9.17, 15) is 4.79 Å². The van der Waals surface area contributed by atoms with Gasteiger partial charge >= 0.3 is 0 Å². The molecule has 1 aliphatic carbocycles. The summed E-state index contributed by atoms with van der Waals surface area (Å²) in [6, 6.07) is 0.471. The van der Waals surface area contributed by atoms with Crippen LogP contribution in [0, 0.1) is 6.92 Å². The summed E-state index contributed by atoms with van der Waals surface area (Å²) in [5.41, 5.74) is 6.84. The lowest BCUT2D eigenvalue weighted by Crippen LogP contribution is -2.15. The number of rotatable bonds is 3. The topological polar surface area (TPSA) is 73.8 Å². The quantitative estimate of drug-likeness (QED) is 0.795. The van der Waals surface area contributed by atoms with Crippen molar-refractivity contribution in [2.45, 2.75) is 45.1 Å². The summed E-state index contributed by atoms with van der Waals surface area (Å²) in [7, 11) is 0. The highest BCUT2D eigenvalue weighted by Gasteiger charge is 2.21. The van der Waals surface area contributed by atoms with Gasteiger partial charge < -0.3 is 5.73 Å². The first kappa shape index (κ1) is 10.1. The van der Waals surface area contributed by atoms with Crippen molar-refractivity contribution in [3.05, 3.63) is 11.4 Å². The molecular weight excluding hydrogens is 192 g/mol. The van der Waals surface area contributed by atoms with E-state index < -0.39 is 0 Å². The highest BCUT2D eigenvalue weighted by Crippen LogP contribution is 2.29. The van der Waals surface area contributed by atoms with Crippen LogP contribution in [0.25, 0.3) is 0 Å². The highest BCUT2D eigenvalue weighted by atomic mass is 16.1. The van der Waals surface area contributed by atoms with Crippen LogP contribution in [0.1, 0.15) is 43.1 Å². The fraction of sp³-hybridized carbons (Fsp3) is 0.700. The number of nitrogens with zero attached hydrogens (tertiary/aromatic N) is 3. The zero-order valence-corrected chi connectivity index (χ0v) is 8.94. The summed E-state index contributed by atoms with van der Waals surface area (Å²) in [6.45, 7) is 1.95. The maximum atomic E-state index is 10.8. The van der Waals surface area contributed by atoms with E-state index in [1.807, 2.05) is 11.6 Å². The van der Waals surface area contributed by atoms with E-state index in [2.05, 4.69) is 10.3 Å². The van der Waals surface area contributed by atoms with Crippen LogP contribution in [0.2, 0.25) is 0 Å². The lowest BCUT2D eigenvalue weighted by atomic mass is 10.2. The standard InChI is InChI=1S/C10H16N4O/c1-7-9(6-10(11)15)12-13-14(7)8-4-2-3-5-8/h8H,2-6H2,1H3,(H2,11,15). The van der Waals surface area contributed by atoms with Crippen molar-refractivity contribution in [2.24, 2.45) is 5.73 Å². The van der Waals surface area contributed by atoms with E-state index in [-0.39, 0.29) is 12.3 Å². The molecule has 1 aliphatic rings. The SMILES string of the molecule is Cc1c(CC(N)=O)nnn1C1CCCC1. The minimum Gasteiger partial charge on any atom is -0.369 e. The fourth-order valence-electron chi connectivity index (χ4n) is 2.20. The Bertz CT molecular complexity index is 365. The van der Waals surface area contributed by atoms with Crippen molar-refractivity contribution in [1.82, 2.24) is 15.0 Å². The van der Waals surface area contributed by atoms with Gasteiger partial charge in [0, 0.05) is 0 Å². The van der Waals surface area contributed by atoms with Gasteiger partial charge in [-0.25, -0.2) is 4.68 Å². The molecule has 0 bridgehead atoms. The molecule has 5 nitrogen and oxygen atoms in total. The first-order valence-electron chi connectivity index (χ1n) is 5.37. The van der Waals surface area contributed by atoms with E-state index in [1.165, 1.54) is 25.7 Å². The molecule has 0 aliphatic heterocycles. The Balaban J connectivity index is 2.18. The van der Waals surface area contributed by atoms with E-state index >= 15 is 0 Å². The molecule has 5 heteroatoms.